The highest BCUT2D eigenvalue weighted by Gasteiger charge is 2.18. The molecule has 2 heterocycles. The molecule has 0 saturated heterocycles. The first-order valence-electron chi connectivity index (χ1n) is 9.67. The highest BCUT2D eigenvalue weighted by Crippen LogP contribution is 2.30. The number of thioether (sulfide) groups is 1. The number of halogens is 1. The highest BCUT2D eigenvalue weighted by molar-refractivity contribution is 7.98. The summed E-state index contributed by atoms with van der Waals surface area (Å²) in [6.45, 7) is 0. The summed E-state index contributed by atoms with van der Waals surface area (Å²) in [7, 11) is 0. The number of nitro groups is 1. The first-order chi connectivity index (χ1) is 15.5. The van der Waals surface area contributed by atoms with Crippen molar-refractivity contribution in [1.29, 1.82) is 0 Å². The van der Waals surface area contributed by atoms with Crippen molar-refractivity contribution < 1.29 is 4.92 Å². The van der Waals surface area contributed by atoms with Gasteiger partial charge in [0.05, 0.1) is 10.6 Å². The van der Waals surface area contributed by atoms with Gasteiger partial charge >= 0.3 is 0 Å². The van der Waals surface area contributed by atoms with Gasteiger partial charge in [0.25, 0.3) is 11.2 Å². The average Bonchev–Trinajstić information content (AvgIpc) is 3.18. The molecular weight excluding hydrogens is 448 g/mol. The number of para-hydroxylation sites is 1. The number of hydrogen-bond acceptors (Lipinski definition) is 5. The number of benzene rings is 3. The summed E-state index contributed by atoms with van der Waals surface area (Å²) in [5, 5.41) is 13.0. The Balaban J connectivity index is 1.70. The van der Waals surface area contributed by atoms with Crippen LogP contribution in [-0.2, 0) is 5.75 Å². The van der Waals surface area contributed by atoms with Gasteiger partial charge in [-0.3, -0.25) is 19.5 Å². The van der Waals surface area contributed by atoms with Crippen molar-refractivity contribution in [2.45, 2.75) is 10.9 Å². The van der Waals surface area contributed by atoms with E-state index >= 15 is 0 Å². The molecule has 0 spiro atoms. The fourth-order valence-electron chi connectivity index (χ4n) is 3.55. The maximum absolute atomic E-state index is 13.5. The smallest absolute Gasteiger partial charge is 0.283 e. The van der Waals surface area contributed by atoms with E-state index in [4.69, 9.17) is 16.6 Å². The van der Waals surface area contributed by atoms with Crippen LogP contribution in [0.4, 0.5) is 5.69 Å². The number of nitrogens with one attached hydrogen (secondary N) is 1. The van der Waals surface area contributed by atoms with Crippen LogP contribution in [0.2, 0.25) is 5.02 Å². The topological polar surface area (TPSA) is 93.8 Å². The lowest BCUT2D eigenvalue weighted by atomic mass is 10.2. The lowest BCUT2D eigenvalue weighted by Gasteiger charge is -2.12. The molecule has 9 heteroatoms. The lowest BCUT2D eigenvalue weighted by molar-refractivity contribution is -0.384. The molecule has 5 aromatic rings. The molecule has 0 radical (unpaired) electrons. The average molecular weight is 463 g/mol. The van der Waals surface area contributed by atoms with Gasteiger partial charge in [-0.15, -0.1) is 0 Å². The van der Waals surface area contributed by atoms with Crippen molar-refractivity contribution in [2.75, 3.05) is 0 Å². The molecule has 7 nitrogen and oxygen atoms in total. The number of nitrogens with zero attached hydrogens (tertiary/aromatic N) is 3. The van der Waals surface area contributed by atoms with Gasteiger partial charge in [0.2, 0.25) is 0 Å². The van der Waals surface area contributed by atoms with E-state index in [-0.39, 0.29) is 11.2 Å². The van der Waals surface area contributed by atoms with Gasteiger partial charge in [0.1, 0.15) is 11.0 Å². The van der Waals surface area contributed by atoms with Crippen LogP contribution in [0.3, 0.4) is 0 Å². The normalized spacial score (nSPS) is 11.3. The van der Waals surface area contributed by atoms with E-state index in [1.807, 2.05) is 48.5 Å². The molecular formula is C23H15ClN4O3S. The Hall–Kier alpha value is -3.62. The molecule has 5 rings (SSSR count). The second kappa shape index (κ2) is 8.14. The predicted molar refractivity (Wildman–Crippen MR) is 127 cm³/mol. The van der Waals surface area contributed by atoms with Crippen molar-refractivity contribution in [3.05, 3.63) is 104 Å². The van der Waals surface area contributed by atoms with E-state index in [1.165, 1.54) is 28.5 Å². The fourth-order valence-corrected chi connectivity index (χ4v) is 4.84. The summed E-state index contributed by atoms with van der Waals surface area (Å²) < 4.78 is 1.48. The van der Waals surface area contributed by atoms with Gasteiger partial charge < -0.3 is 4.98 Å². The van der Waals surface area contributed by atoms with Crippen molar-refractivity contribution >= 4 is 51.0 Å². The Morgan fingerprint density at radius 3 is 2.50 bits per heavy atom. The van der Waals surface area contributed by atoms with Crippen LogP contribution in [0.25, 0.3) is 27.6 Å². The minimum absolute atomic E-state index is 0.0493. The molecule has 0 bridgehead atoms. The molecule has 3 aromatic carbocycles. The Morgan fingerprint density at radius 2 is 1.75 bits per heavy atom. The second-order valence-corrected chi connectivity index (χ2v) is 8.43. The maximum atomic E-state index is 13.5. The summed E-state index contributed by atoms with van der Waals surface area (Å²) in [5.41, 5.74) is 2.87. The van der Waals surface area contributed by atoms with Gasteiger partial charge in [-0.2, -0.15) is 0 Å². The number of aromatic amines is 1. The largest absolute Gasteiger partial charge is 0.349 e. The van der Waals surface area contributed by atoms with Gasteiger partial charge in [0.15, 0.2) is 5.16 Å². The molecule has 0 atom stereocenters. The molecule has 158 valence electrons. The first-order valence-corrected chi connectivity index (χ1v) is 11.0. The van der Waals surface area contributed by atoms with E-state index in [9.17, 15) is 14.9 Å². The molecule has 0 aliphatic carbocycles. The van der Waals surface area contributed by atoms with E-state index in [2.05, 4.69) is 4.98 Å². The fraction of sp³-hybridized carbons (Fsp3) is 0.0435. The third-order valence-electron chi connectivity index (χ3n) is 5.13. The second-order valence-electron chi connectivity index (χ2n) is 7.08. The predicted octanol–water partition coefficient (Wildman–Crippen LogP) is 5.72. The summed E-state index contributed by atoms with van der Waals surface area (Å²) in [6.07, 6.45) is 0. The van der Waals surface area contributed by atoms with Crippen molar-refractivity contribution in [1.82, 2.24) is 14.5 Å². The van der Waals surface area contributed by atoms with Gasteiger partial charge in [0, 0.05) is 33.8 Å². The number of non-ortho nitro benzene ring substituents is 1. The number of aromatic nitrogens is 3. The zero-order valence-corrected chi connectivity index (χ0v) is 18.1. The van der Waals surface area contributed by atoms with Crippen LogP contribution < -0.4 is 5.56 Å². The number of fused-ring (bicyclic) bond motifs is 3. The van der Waals surface area contributed by atoms with Gasteiger partial charge in [-0.05, 0) is 29.8 Å². The zero-order chi connectivity index (χ0) is 22.2. The maximum Gasteiger partial charge on any atom is 0.283 e. The zero-order valence-electron chi connectivity index (χ0n) is 16.5. The Labute approximate surface area is 190 Å². The van der Waals surface area contributed by atoms with Gasteiger partial charge in [-0.25, -0.2) is 4.98 Å². The Kier molecular flexibility index (Phi) is 5.16. The Bertz CT molecular complexity index is 1540. The minimum Gasteiger partial charge on any atom is -0.349 e. The van der Waals surface area contributed by atoms with E-state index < -0.39 is 4.92 Å². The van der Waals surface area contributed by atoms with E-state index in [0.29, 0.717) is 32.7 Å². The molecule has 32 heavy (non-hydrogen) atoms. The van der Waals surface area contributed by atoms with Crippen LogP contribution in [0, 0.1) is 10.1 Å². The molecule has 0 amide bonds. The summed E-state index contributed by atoms with van der Waals surface area (Å²) in [6, 6.07) is 21.0. The standard InChI is InChI=1S/C23H15ClN4O3S/c24-18-7-3-1-5-14(18)13-32-23-26-20-17-6-2-4-8-19(17)25-21(20)22(29)27(23)15-9-11-16(12-10-15)28(30)31/h1-12,25H,13H2. The molecule has 0 aliphatic rings. The number of hydrogen-bond donors (Lipinski definition) is 1. The number of H-pyrrole nitrogens is 1. The van der Waals surface area contributed by atoms with Crippen LogP contribution in [0.1, 0.15) is 5.56 Å². The molecule has 1 N–H and O–H groups in total. The van der Waals surface area contributed by atoms with E-state index in [1.54, 1.807) is 12.1 Å². The van der Waals surface area contributed by atoms with Crippen molar-refractivity contribution in [3.63, 3.8) is 0 Å². The van der Waals surface area contributed by atoms with Crippen LogP contribution in [0.5, 0.6) is 0 Å². The lowest BCUT2D eigenvalue weighted by Crippen LogP contribution is -2.21. The number of nitro benzene ring substituents is 1. The first kappa shape index (κ1) is 20.3. The third-order valence-corrected chi connectivity index (χ3v) is 6.48. The monoisotopic (exact) mass is 462 g/mol. The highest BCUT2D eigenvalue weighted by atomic mass is 35.5. The molecule has 0 unspecified atom stereocenters. The van der Waals surface area contributed by atoms with Crippen LogP contribution in [-0.4, -0.2) is 19.5 Å². The SMILES string of the molecule is O=c1c2[nH]c3ccccc3c2nc(SCc2ccccc2Cl)n1-c1ccc([N+](=O)[O-])cc1. The van der Waals surface area contributed by atoms with Crippen molar-refractivity contribution in [3.8, 4) is 5.69 Å². The molecule has 0 fully saturated rings. The van der Waals surface area contributed by atoms with Crippen LogP contribution >= 0.6 is 23.4 Å². The quantitative estimate of drug-likeness (QED) is 0.156. The summed E-state index contributed by atoms with van der Waals surface area (Å²) in [4.78, 5) is 32.1. The third kappa shape index (κ3) is 3.53. The van der Waals surface area contributed by atoms with E-state index in [0.717, 1.165) is 16.5 Å². The molecule has 0 saturated carbocycles. The molecule has 2 aromatic heterocycles. The number of rotatable bonds is 5. The van der Waals surface area contributed by atoms with Gasteiger partial charge in [-0.1, -0.05) is 59.8 Å². The molecule has 0 aliphatic heterocycles. The summed E-state index contributed by atoms with van der Waals surface area (Å²) >= 11 is 7.69. The summed E-state index contributed by atoms with van der Waals surface area (Å²) in [5.74, 6) is 0.507. The minimum atomic E-state index is -0.473. The van der Waals surface area contributed by atoms with Crippen molar-refractivity contribution in [2.24, 2.45) is 0 Å². The van der Waals surface area contributed by atoms with Crippen LogP contribution in [0.15, 0.2) is 82.7 Å². The Morgan fingerprint density at radius 1 is 1.03 bits per heavy atom.